The Balaban J connectivity index is 1.91. The van der Waals surface area contributed by atoms with Gasteiger partial charge in [0, 0.05) is 31.4 Å². The van der Waals surface area contributed by atoms with E-state index in [2.05, 4.69) is 15.3 Å². The van der Waals surface area contributed by atoms with Crippen molar-refractivity contribution in [2.45, 2.75) is 45.6 Å². The molecule has 1 N–H and O–H groups in total. The van der Waals surface area contributed by atoms with Crippen LogP contribution in [0.5, 0.6) is 0 Å². The second-order valence-corrected chi connectivity index (χ2v) is 7.11. The van der Waals surface area contributed by atoms with E-state index in [1.807, 2.05) is 6.92 Å². The van der Waals surface area contributed by atoms with Gasteiger partial charge in [0.25, 0.3) is 5.92 Å². The lowest BCUT2D eigenvalue weighted by molar-refractivity contribution is -0.106. The minimum absolute atomic E-state index is 0.0538. The second-order valence-electron chi connectivity index (χ2n) is 7.11. The molecule has 0 aliphatic carbocycles. The fourth-order valence-corrected chi connectivity index (χ4v) is 2.42. The molecule has 6 nitrogen and oxygen atoms in total. The van der Waals surface area contributed by atoms with E-state index in [4.69, 9.17) is 4.74 Å². The normalized spacial score (nSPS) is 20.6. The number of piperidine rings is 1. The Labute approximate surface area is 140 Å². The molecule has 1 saturated heterocycles. The third-order valence-corrected chi connectivity index (χ3v) is 3.69. The third-order valence-electron chi connectivity index (χ3n) is 3.69. The van der Waals surface area contributed by atoms with Gasteiger partial charge in [-0.3, -0.25) is 0 Å². The summed E-state index contributed by atoms with van der Waals surface area (Å²) in [6.07, 6.45) is 2.73. The lowest BCUT2D eigenvalue weighted by atomic mass is 9.93. The van der Waals surface area contributed by atoms with Crippen LogP contribution >= 0.6 is 0 Å². The van der Waals surface area contributed by atoms with Gasteiger partial charge < -0.3 is 15.0 Å². The van der Waals surface area contributed by atoms with E-state index in [0.29, 0.717) is 5.95 Å². The fraction of sp³-hybridized carbons (Fsp3) is 0.688. The molecule has 24 heavy (non-hydrogen) atoms. The van der Waals surface area contributed by atoms with Crippen LogP contribution in [-0.2, 0) is 4.74 Å². The van der Waals surface area contributed by atoms with Crippen LogP contribution in [0.3, 0.4) is 0 Å². The van der Waals surface area contributed by atoms with E-state index < -0.39 is 30.1 Å². The highest BCUT2D eigenvalue weighted by molar-refractivity contribution is 5.68. The van der Waals surface area contributed by atoms with E-state index >= 15 is 0 Å². The van der Waals surface area contributed by atoms with Gasteiger partial charge in [-0.25, -0.2) is 23.5 Å². The first-order valence-corrected chi connectivity index (χ1v) is 7.95. The molecule has 0 aromatic carbocycles. The number of anilines is 1. The lowest BCUT2D eigenvalue weighted by Gasteiger charge is -2.38. The Morgan fingerprint density at radius 3 is 2.58 bits per heavy atom. The van der Waals surface area contributed by atoms with Crippen LogP contribution in [0.1, 0.15) is 32.8 Å². The predicted molar refractivity (Wildman–Crippen MR) is 86.1 cm³/mol. The minimum Gasteiger partial charge on any atom is -0.444 e. The van der Waals surface area contributed by atoms with Crippen LogP contribution in [0, 0.1) is 12.8 Å². The van der Waals surface area contributed by atoms with Gasteiger partial charge >= 0.3 is 6.09 Å². The maximum atomic E-state index is 14.3. The zero-order valence-electron chi connectivity index (χ0n) is 14.5. The number of hydrogen-bond donors (Lipinski definition) is 1. The van der Waals surface area contributed by atoms with Crippen molar-refractivity contribution in [1.82, 2.24) is 14.9 Å². The first kappa shape index (κ1) is 18.4. The Kier molecular flexibility index (Phi) is 5.25. The number of hydrogen-bond acceptors (Lipinski definition) is 5. The van der Waals surface area contributed by atoms with Crippen LogP contribution in [-0.4, -0.2) is 52.1 Å². The first-order chi connectivity index (χ1) is 11.1. The van der Waals surface area contributed by atoms with Crippen molar-refractivity contribution < 1.29 is 18.3 Å². The Morgan fingerprint density at radius 2 is 2.04 bits per heavy atom. The third kappa shape index (κ3) is 5.01. The van der Waals surface area contributed by atoms with Crippen LogP contribution in [0.4, 0.5) is 19.5 Å². The molecule has 2 rings (SSSR count). The highest BCUT2D eigenvalue weighted by Crippen LogP contribution is 2.33. The molecule has 134 valence electrons. The summed E-state index contributed by atoms with van der Waals surface area (Å²) in [6.45, 7) is 6.64. The molecule has 2 heterocycles. The highest BCUT2D eigenvalue weighted by atomic mass is 19.3. The van der Waals surface area contributed by atoms with Crippen molar-refractivity contribution in [3.63, 3.8) is 0 Å². The van der Waals surface area contributed by atoms with Gasteiger partial charge in [0.05, 0.1) is 6.54 Å². The quantitative estimate of drug-likeness (QED) is 0.914. The van der Waals surface area contributed by atoms with E-state index in [-0.39, 0.29) is 19.5 Å². The molecule has 1 aliphatic heterocycles. The van der Waals surface area contributed by atoms with Crippen molar-refractivity contribution in [2.75, 3.05) is 25.0 Å². The number of nitrogens with zero attached hydrogens (tertiary/aromatic N) is 3. The van der Waals surface area contributed by atoms with Gasteiger partial charge in [0.15, 0.2) is 0 Å². The minimum atomic E-state index is -2.99. The smallest absolute Gasteiger partial charge is 0.410 e. The van der Waals surface area contributed by atoms with Gasteiger partial charge in [-0.05, 0) is 39.7 Å². The lowest BCUT2D eigenvalue weighted by Crippen LogP contribution is -2.53. The molecule has 8 heteroatoms. The number of halogens is 2. The fourth-order valence-electron chi connectivity index (χ4n) is 2.42. The molecule has 1 atom stereocenters. The number of amides is 1. The summed E-state index contributed by atoms with van der Waals surface area (Å²) in [5.41, 5.74) is 0.199. The monoisotopic (exact) mass is 342 g/mol. The summed E-state index contributed by atoms with van der Waals surface area (Å²) < 4.78 is 33.9. The summed E-state index contributed by atoms with van der Waals surface area (Å²) in [7, 11) is 0. The number of rotatable bonds is 3. The molecular formula is C16H24F2N4O2. The molecule has 1 fully saturated rings. The molecular weight excluding hydrogens is 318 g/mol. The summed E-state index contributed by atoms with van der Waals surface area (Å²) in [5.74, 6) is -3.56. The van der Waals surface area contributed by atoms with Crippen molar-refractivity contribution in [3.05, 3.63) is 18.0 Å². The van der Waals surface area contributed by atoms with Crippen molar-refractivity contribution in [3.8, 4) is 0 Å². The zero-order valence-corrected chi connectivity index (χ0v) is 14.5. The van der Waals surface area contributed by atoms with Crippen molar-refractivity contribution >= 4 is 12.0 Å². The Hall–Kier alpha value is -1.99. The van der Waals surface area contributed by atoms with Crippen LogP contribution in [0.25, 0.3) is 0 Å². The number of carbonyl (C=O) groups is 1. The SMILES string of the molecule is Cc1cnc(NC[C@@H]2CCN(C(=O)OC(C)(C)C)CC2(F)F)nc1. The van der Waals surface area contributed by atoms with E-state index in [1.165, 1.54) is 0 Å². The number of aromatic nitrogens is 2. The average molecular weight is 342 g/mol. The van der Waals surface area contributed by atoms with E-state index in [0.717, 1.165) is 10.5 Å². The standard InChI is InChI=1S/C16H24F2N4O2/c1-11-7-19-13(20-8-11)21-9-12-5-6-22(10-16(12,17)18)14(23)24-15(2,3)4/h7-8,12H,5-6,9-10H2,1-4H3,(H,19,20,21)/t12-/m0/s1. The highest BCUT2D eigenvalue weighted by Gasteiger charge is 2.46. The van der Waals surface area contributed by atoms with Crippen LogP contribution in [0.15, 0.2) is 12.4 Å². The number of alkyl halides is 2. The molecule has 0 saturated carbocycles. The largest absolute Gasteiger partial charge is 0.444 e. The number of aryl methyl sites for hydroxylation is 1. The number of ether oxygens (including phenoxy) is 1. The zero-order chi connectivity index (χ0) is 18.0. The van der Waals surface area contributed by atoms with Gasteiger partial charge in [-0.1, -0.05) is 0 Å². The summed E-state index contributed by atoms with van der Waals surface area (Å²) in [5, 5.41) is 2.84. The molecule has 0 bridgehead atoms. The van der Waals surface area contributed by atoms with E-state index in [9.17, 15) is 13.6 Å². The molecule has 0 spiro atoms. The predicted octanol–water partition coefficient (Wildman–Crippen LogP) is 3.09. The Bertz CT molecular complexity index is 572. The number of likely N-dealkylation sites (tertiary alicyclic amines) is 1. The second kappa shape index (κ2) is 6.86. The summed E-state index contributed by atoms with van der Waals surface area (Å²) in [4.78, 5) is 21.1. The maximum absolute atomic E-state index is 14.3. The summed E-state index contributed by atoms with van der Waals surface area (Å²) in [6, 6.07) is 0. The molecule has 0 unspecified atom stereocenters. The van der Waals surface area contributed by atoms with Gasteiger partial charge in [-0.15, -0.1) is 0 Å². The van der Waals surface area contributed by atoms with E-state index in [1.54, 1.807) is 33.2 Å². The molecule has 1 aromatic rings. The molecule has 1 aromatic heterocycles. The van der Waals surface area contributed by atoms with Gasteiger partial charge in [0.2, 0.25) is 5.95 Å². The van der Waals surface area contributed by atoms with Gasteiger partial charge in [0.1, 0.15) is 5.60 Å². The Morgan fingerprint density at radius 1 is 1.42 bits per heavy atom. The topological polar surface area (TPSA) is 67.4 Å². The first-order valence-electron chi connectivity index (χ1n) is 7.95. The van der Waals surface area contributed by atoms with Crippen LogP contribution < -0.4 is 5.32 Å². The molecule has 0 radical (unpaired) electrons. The number of carbonyl (C=O) groups excluding carboxylic acids is 1. The van der Waals surface area contributed by atoms with Crippen LogP contribution in [0.2, 0.25) is 0 Å². The van der Waals surface area contributed by atoms with Crippen molar-refractivity contribution in [1.29, 1.82) is 0 Å². The van der Waals surface area contributed by atoms with Gasteiger partial charge in [-0.2, -0.15) is 0 Å². The molecule has 1 aliphatic rings. The number of nitrogens with one attached hydrogen (secondary N) is 1. The maximum Gasteiger partial charge on any atom is 0.410 e. The van der Waals surface area contributed by atoms with Crippen molar-refractivity contribution in [2.24, 2.45) is 5.92 Å². The summed E-state index contributed by atoms with van der Waals surface area (Å²) >= 11 is 0. The average Bonchev–Trinajstić information content (AvgIpc) is 2.45. The molecule has 1 amide bonds.